The number of nitrogens with one attached hydrogen (secondary N) is 2. The second-order valence-corrected chi connectivity index (χ2v) is 5.57. The molecule has 2 rings (SSSR count). The molecule has 0 spiro atoms. The molecular weight excluding hydrogens is 304 g/mol. The van der Waals surface area contributed by atoms with Crippen molar-refractivity contribution in [2.24, 2.45) is 0 Å². The van der Waals surface area contributed by atoms with Gasteiger partial charge in [0.25, 0.3) is 5.91 Å². The maximum Gasteiger partial charge on any atom is 0.251 e. The lowest BCUT2D eigenvalue weighted by atomic mass is 10.1. The third-order valence-corrected chi connectivity index (χ3v) is 3.50. The van der Waals surface area contributed by atoms with Gasteiger partial charge in [-0.05, 0) is 36.2 Å². The summed E-state index contributed by atoms with van der Waals surface area (Å²) in [6, 6.07) is 16.6. The summed E-state index contributed by atoms with van der Waals surface area (Å²) in [6.07, 6.45) is 0.699. The molecule has 0 saturated carbocycles. The number of carbonyl (C=O) groups is 2. The molecule has 5 nitrogen and oxygen atoms in total. The van der Waals surface area contributed by atoms with Crippen LogP contribution in [0.2, 0.25) is 0 Å². The first-order chi connectivity index (χ1) is 11.6. The fourth-order valence-corrected chi connectivity index (χ4v) is 2.43. The van der Waals surface area contributed by atoms with Crippen LogP contribution < -0.4 is 10.6 Å². The highest BCUT2D eigenvalue weighted by Gasteiger charge is 2.14. The third-order valence-electron chi connectivity index (χ3n) is 3.50. The molecule has 24 heavy (non-hydrogen) atoms. The van der Waals surface area contributed by atoms with Crippen molar-refractivity contribution in [1.29, 1.82) is 0 Å². The Hall–Kier alpha value is -2.66. The van der Waals surface area contributed by atoms with Crippen molar-refractivity contribution < 1.29 is 14.3 Å². The molecule has 2 aromatic carbocycles. The predicted octanol–water partition coefficient (Wildman–Crippen LogP) is 2.63. The Kier molecular flexibility index (Phi) is 6.51. The van der Waals surface area contributed by atoms with Gasteiger partial charge in [-0.25, -0.2) is 0 Å². The quantitative estimate of drug-likeness (QED) is 0.822. The summed E-state index contributed by atoms with van der Waals surface area (Å²) in [5, 5.41) is 5.67. The zero-order valence-corrected chi connectivity index (χ0v) is 13.9. The van der Waals surface area contributed by atoms with Gasteiger partial charge in [0.15, 0.2) is 0 Å². The summed E-state index contributed by atoms with van der Waals surface area (Å²) < 4.78 is 5.21. The lowest BCUT2D eigenvalue weighted by Crippen LogP contribution is -2.39. The predicted molar refractivity (Wildman–Crippen MR) is 94.0 cm³/mol. The van der Waals surface area contributed by atoms with Gasteiger partial charge in [-0.2, -0.15) is 0 Å². The number of rotatable bonds is 7. The minimum absolute atomic E-state index is 0.111. The Morgan fingerprint density at radius 3 is 2.29 bits per heavy atom. The minimum atomic E-state index is -0.164. The van der Waals surface area contributed by atoms with Crippen molar-refractivity contribution >= 4 is 17.5 Å². The van der Waals surface area contributed by atoms with Gasteiger partial charge < -0.3 is 15.4 Å². The van der Waals surface area contributed by atoms with E-state index in [0.717, 1.165) is 5.56 Å². The number of hydrogen-bond acceptors (Lipinski definition) is 3. The highest BCUT2D eigenvalue weighted by Crippen LogP contribution is 2.10. The second-order valence-electron chi connectivity index (χ2n) is 5.57. The highest BCUT2D eigenvalue weighted by atomic mass is 16.5. The summed E-state index contributed by atoms with van der Waals surface area (Å²) in [7, 11) is 1.62. The normalized spacial score (nSPS) is 11.6. The van der Waals surface area contributed by atoms with Crippen LogP contribution in [0.4, 0.5) is 5.69 Å². The van der Waals surface area contributed by atoms with Crippen molar-refractivity contribution in [3.05, 3.63) is 65.7 Å². The molecule has 0 aliphatic heterocycles. The molecule has 2 aromatic rings. The molecule has 0 aromatic heterocycles. The zero-order chi connectivity index (χ0) is 17.4. The molecule has 1 unspecified atom stereocenters. The van der Waals surface area contributed by atoms with Crippen LogP contribution >= 0.6 is 0 Å². The first-order valence-corrected chi connectivity index (χ1v) is 7.80. The first-order valence-electron chi connectivity index (χ1n) is 7.80. The molecule has 0 radical (unpaired) electrons. The molecule has 0 fully saturated rings. The van der Waals surface area contributed by atoms with Gasteiger partial charge in [-0.15, -0.1) is 0 Å². The maximum atomic E-state index is 12.4. The Labute approximate surface area is 142 Å². The second kappa shape index (κ2) is 8.84. The van der Waals surface area contributed by atoms with E-state index in [9.17, 15) is 9.59 Å². The molecule has 1 atom stereocenters. The van der Waals surface area contributed by atoms with E-state index in [2.05, 4.69) is 10.6 Å². The van der Waals surface area contributed by atoms with Crippen LogP contribution in [0.25, 0.3) is 0 Å². The summed E-state index contributed by atoms with van der Waals surface area (Å²) in [5.41, 5.74) is 2.34. The van der Waals surface area contributed by atoms with Gasteiger partial charge >= 0.3 is 0 Å². The van der Waals surface area contributed by atoms with Crippen molar-refractivity contribution in [3.8, 4) is 0 Å². The van der Waals surface area contributed by atoms with Crippen molar-refractivity contribution in [2.75, 3.05) is 19.0 Å². The van der Waals surface area contributed by atoms with E-state index >= 15 is 0 Å². The van der Waals surface area contributed by atoms with E-state index in [1.165, 1.54) is 6.92 Å². The number of anilines is 1. The average Bonchev–Trinajstić information content (AvgIpc) is 2.56. The van der Waals surface area contributed by atoms with Gasteiger partial charge in [0.1, 0.15) is 0 Å². The van der Waals surface area contributed by atoms with Crippen LogP contribution in [0.3, 0.4) is 0 Å². The number of benzene rings is 2. The molecule has 0 aliphatic rings. The molecule has 126 valence electrons. The van der Waals surface area contributed by atoms with Gasteiger partial charge in [0, 0.05) is 25.3 Å². The SMILES string of the molecule is COCC(Cc1ccccc1)NC(=O)c1ccc(NC(C)=O)cc1. The van der Waals surface area contributed by atoms with E-state index in [0.29, 0.717) is 24.3 Å². The summed E-state index contributed by atoms with van der Waals surface area (Å²) in [6.45, 7) is 1.88. The van der Waals surface area contributed by atoms with Gasteiger partial charge in [-0.3, -0.25) is 9.59 Å². The zero-order valence-electron chi connectivity index (χ0n) is 13.9. The molecule has 2 amide bonds. The summed E-state index contributed by atoms with van der Waals surface area (Å²) in [4.78, 5) is 23.4. The number of amides is 2. The third kappa shape index (κ3) is 5.52. The first kappa shape index (κ1) is 17.7. The fourth-order valence-electron chi connectivity index (χ4n) is 2.43. The molecule has 0 saturated heterocycles. The number of hydrogen-bond donors (Lipinski definition) is 2. The van der Waals surface area contributed by atoms with Crippen LogP contribution in [0.15, 0.2) is 54.6 Å². The van der Waals surface area contributed by atoms with Gasteiger partial charge in [0.2, 0.25) is 5.91 Å². The standard InChI is InChI=1S/C19H22N2O3/c1-14(22)20-17-10-8-16(9-11-17)19(23)21-18(13-24-2)12-15-6-4-3-5-7-15/h3-11,18H,12-13H2,1-2H3,(H,20,22)(H,21,23). The van der Waals surface area contributed by atoms with E-state index in [1.807, 2.05) is 30.3 Å². The van der Waals surface area contributed by atoms with Crippen LogP contribution in [0.1, 0.15) is 22.8 Å². The monoisotopic (exact) mass is 326 g/mol. The fraction of sp³-hybridized carbons (Fsp3) is 0.263. The summed E-state index contributed by atoms with van der Waals surface area (Å²) >= 11 is 0. The van der Waals surface area contributed by atoms with Crippen LogP contribution in [-0.4, -0.2) is 31.6 Å². The molecule has 0 bridgehead atoms. The number of carbonyl (C=O) groups excluding carboxylic acids is 2. The molecule has 2 N–H and O–H groups in total. The van der Waals surface area contributed by atoms with Crippen molar-refractivity contribution in [2.45, 2.75) is 19.4 Å². The highest BCUT2D eigenvalue weighted by molar-refractivity contribution is 5.95. The van der Waals surface area contributed by atoms with Crippen molar-refractivity contribution in [3.63, 3.8) is 0 Å². The average molecular weight is 326 g/mol. The van der Waals surface area contributed by atoms with E-state index in [4.69, 9.17) is 4.74 Å². The van der Waals surface area contributed by atoms with Crippen LogP contribution in [0.5, 0.6) is 0 Å². The summed E-state index contributed by atoms with van der Waals surface area (Å²) in [5.74, 6) is -0.308. The van der Waals surface area contributed by atoms with E-state index in [1.54, 1.807) is 31.4 Å². The molecular formula is C19H22N2O3. The molecule has 0 heterocycles. The Morgan fingerprint density at radius 2 is 1.71 bits per heavy atom. The Balaban J connectivity index is 2.00. The van der Waals surface area contributed by atoms with Gasteiger partial charge in [-0.1, -0.05) is 30.3 Å². The largest absolute Gasteiger partial charge is 0.383 e. The van der Waals surface area contributed by atoms with Gasteiger partial charge in [0.05, 0.1) is 12.6 Å². The number of methoxy groups -OCH3 is 1. The topological polar surface area (TPSA) is 67.4 Å². The molecule has 0 aliphatic carbocycles. The lowest BCUT2D eigenvalue weighted by Gasteiger charge is -2.18. The minimum Gasteiger partial charge on any atom is -0.383 e. The number of ether oxygens (including phenoxy) is 1. The van der Waals surface area contributed by atoms with Crippen molar-refractivity contribution in [1.82, 2.24) is 5.32 Å². The molecule has 5 heteroatoms. The van der Waals surface area contributed by atoms with E-state index in [-0.39, 0.29) is 17.9 Å². The van der Waals surface area contributed by atoms with Crippen LogP contribution in [-0.2, 0) is 16.0 Å². The Morgan fingerprint density at radius 1 is 1.04 bits per heavy atom. The smallest absolute Gasteiger partial charge is 0.251 e. The Bertz CT molecular complexity index is 669. The van der Waals surface area contributed by atoms with Crippen LogP contribution in [0, 0.1) is 0 Å². The lowest BCUT2D eigenvalue weighted by molar-refractivity contribution is -0.114. The maximum absolute atomic E-state index is 12.4. The van der Waals surface area contributed by atoms with E-state index < -0.39 is 0 Å².